The van der Waals surface area contributed by atoms with Crippen LogP contribution in [-0.2, 0) is 0 Å². The van der Waals surface area contributed by atoms with Crippen LogP contribution in [0.4, 0.5) is 0 Å². The molecule has 7 nitrogen and oxygen atoms in total. The minimum absolute atomic E-state index is 0.288. The molecule has 2 N–H and O–H groups in total. The van der Waals surface area contributed by atoms with Crippen LogP contribution in [-0.4, -0.2) is 51.5 Å². The Kier molecular flexibility index (Phi) is 5.62. The predicted octanol–water partition coefficient (Wildman–Crippen LogP) is 1.87. The zero-order valence-corrected chi connectivity index (χ0v) is 16.3. The topological polar surface area (TPSA) is 86.9 Å². The molecular formula is C18H26N4O3S. The summed E-state index contributed by atoms with van der Waals surface area (Å²) in [6.45, 7) is 9.89. The molecule has 0 unspecified atom stereocenters. The number of rotatable bonds is 5. The van der Waals surface area contributed by atoms with E-state index < -0.39 is 17.3 Å². The van der Waals surface area contributed by atoms with E-state index in [9.17, 15) is 14.7 Å². The number of hydrogen-bond acceptors (Lipinski definition) is 6. The number of carbonyl (C=O) groups is 1. The Balaban J connectivity index is 1.60. The van der Waals surface area contributed by atoms with E-state index in [1.165, 1.54) is 22.2 Å². The Morgan fingerprint density at radius 2 is 2.08 bits per heavy atom. The van der Waals surface area contributed by atoms with Gasteiger partial charge in [0.05, 0.1) is 0 Å². The molecule has 0 spiro atoms. The van der Waals surface area contributed by atoms with Crippen LogP contribution >= 0.6 is 11.3 Å². The first-order chi connectivity index (χ1) is 12.4. The number of carbonyl (C=O) groups excluding carboxylic acids is 1. The van der Waals surface area contributed by atoms with E-state index in [4.69, 9.17) is 0 Å². The van der Waals surface area contributed by atoms with Gasteiger partial charge >= 0.3 is 0 Å². The van der Waals surface area contributed by atoms with Gasteiger partial charge in [0.1, 0.15) is 0 Å². The Bertz CT molecular complexity index is 850. The number of fused-ring (bicyclic) bond motifs is 1. The monoisotopic (exact) mass is 378 g/mol. The van der Waals surface area contributed by atoms with Gasteiger partial charge in [0, 0.05) is 30.7 Å². The molecule has 0 radical (unpaired) electrons. The lowest BCUT2D eigenvalue weighted by Gasteiger charge is -2.34. The molecule has 0 aliphatic carbocycles. The molecule has 0 saturated carbocycles. The van der Waals surface area contributed by atoms with Gasteiger partial charge in [-0.2, -0.15) is 4.98 Å². The van der Waals surface area contributed by atoms with E-state index in [0.717, 1.165) is 26.1 Å². The second-order valence-electron chi connectivity index (χ2n) is 7.43. The second kappa shape index (κ2) is 7.75. The number of amides is 1. The van der Waals surface area contributed by atoms with E-state index in [1.54, 1.807) is 12.3 Å². The van der Waals surface area contributed by atoms with Crippen LogP contribution in [0.1, 0.15) is 42.7 Å². The number of piperidine rings is 1. The third-order valence-electron chi connectivity index (χ3n) is 4.83. The van der Waals surface area contributed by atoms with Gasteiger partial charge in [-0.15, -0.1) is 11.3 Å². The quantitative estimate of drug-likeness (QED) is 0.776. The highest BCUT2D eigenvalue weighted by Crippen LogP contribution is 2.21. The molecule has 8 heteroatoms. The van der Waals surface area contributed by atoms with Gasteiger partial charge in [-0.05, 0) is 38.1 Å². The fraction of sp³-hybridized carbons (Fsp3) is 0.611. The van der Waals surface area contributed by atoms with Crippen LogP contribution in [0, 0.1) is 18.8 Å². The van der Waals surface area contributed by atoms with Crippen molar-refractivity contribution >= 4 is 22.2 Å². The molecule has 0 aromatic carbocycles. The van der Waals surface area contributed by atoms with Gasteiger partial charge in [-0.1, -0.05) is 13.8 Å². The van der Waals surface area contributed by atoms with E-state index in [1.807, 2.05) is 0 Å². The Labute approximate surface area is 156 Å². The highest BCUT2D eigenvalue weighted by atomic mass is 32.1. The lowest BCUT2D eigenvalue weighted by atomic mass is 9.92. The van der Waals surface area contributed by atoms with Crippen molar-refractivity contribution < 1.29 is 9.90 Å². The van der Waals surface area contributed by atoms with E-state index >= 15 is 0 Å². The minimum atomic E-state index is -0.569. The van der Waals surface area contributed by atoms with Gasteiger partial charge in [-0.3, -0.25) is 14.0 Å². The largest absolute Gasteiger partial charge is 0.492 e. The maximum absolute atomic E-state index is 12.5. The summed E-state index contributed by atoms with van der Waals surface area (Å²) >= 11 is 1.25. The standard InChI is InChI=1S/C18H26N4O3S/c1-11-7-12(2)9-21(8-11)6-4-5-19-15(23)14-16(24)20-18-22(17(14)25)13(3)10-26-18/h10-12,24H,4-9H2,1-3H3,(H,19,23)/t11-,12-/m1/s1. The van der Waals surface area contributed by atoms with Crippen molar-refractivity contribution in [1.82, 2.24) is 19.6 Å². The van der Waals surface area contributed by atoms with Crippen LogP contribution in [0.25, 0.3) is 4.96 Å². The number of aromatic nitrogens is 2. The maximum Gasteiger partial charge on any atom is 0.275 e. The second-order valence-corrected chi connectivity index (χ2v) is 8.26. The van der Waals surface area contributed by atoms with Crippen LogP contribution in [0.3, 0.4) is 0 Å². The molecule has 0 bridgehead atoms. The summed E-state index contributed by atoms with van der Waals surface area (Å²) in [5.74, 6) is 0.336. The normalized spacial score (nSPS) is 21.2. The van der Waals surface area contributed by atoms with Crippen LogP contribution in [0.15, 0.2) is 10.2 Å². The molecule has 26 heavy (non-hydrogen) atoms. The average Bonchev–Trinajstić information content (AvgIpc) is 2.91. The van der Waals surface area contributed by atoms with Crippen LogP contribution in [0.2, 0.25) is 0 Å². The van der Waals surface area contributed by atoms with Crippen LogP contribution in [0.5, 0.6) is 5.88 Å². The third kappa shape index (κ3) is 3.91. The maximum atomic E-state index is 12.5. The summed E-state index contributed by atoms with van der Waals surface area (Å²) in [7, 11) is 0. The Morgan fingerprint density at radius 3 is 2.77 bits per heavy atom. The zero-order chi connectivity index (χ0) is 18.8. The smallest absolute Gasteiger partial charge is 0.275 e. The van der Waals surface area contributed by atoms with E-state index in [0.29, 0.717) is 29.0 Å². The molecule has 1 aliphatic rings. The number of thiazole rings is 1. The molecular weight excluding hydrogens is 352 g/mol. The molecule has 2 atom stereocenters. The molecule has 1 saturated heterocycles. The fourth-order valence-electron chi connectivity index (χ4n) is 3.84. The van der Waals surface area contributed by atoms with Crippen molar-refractivity contribution in [3.05, 3.63) is 27.0 Å². The van der Waals surface area contributed by atoms with Gasteiger partial charge in [0.2, 0.25) is 5.88 Å². The van der Waals surface area contributed by atoms with Crippen molar-refractivity contribution in [3.63, 3.8) is 0 Å². The number of likely N-dealkylation sites (tertiary alicyclic amines) is 1. The van der Waals surface area contributed by atoms with Gasteiger partial charge in [0.15, 0.2) is 10.5 Å². The number of aromatic hydroxyl groups is 1. The van der Waals surface area contributed by atoms with Crippen LogP contribution < -0.4 is 10.9 Å². The van der Waals surface area contributed by atoms with Crippen molar-refractivity contribution in [1.29, 1.82) is 0 Å². The summed E-state index contributed by atoms with van der Waals surface area (Å²) in [4.78, 5) is 31.7. The summed E-state index contributed by atoms with van der Waals surface area (Å²) in [5.41, 5.74) is -0.114. The molecule has 3 rings (SSSR count). The minimum Gasteiger partial charge on any atom is -0.492 e. The summed E-state index contributed by atoms with van der Waals surface area (Å²) in [6, 6.07) is 0. The number of nitrogens with one attached hydrogen (secondary N) is 1. The predicted molar refractivity (Wildman–Crippen MR) is 102 cm³/mol. The van der Waals surface area contributed by atoms with Gasteiger partial charge in [-0.25, -0.2) is 0 Å². The fourth-order valence-corrected chi connectivity index (χ4v) is 4.69. The highest BCUT2D eigenvalue weighted by Gasteiger charge is 2.22. The van der Waals surface area contributed by atoms with Crippen molar-refractivity contribution in [3.8, 4) is 5.88 Å². The summed E-state index contributed by atoms with van der Waals surface area (Å²) in [5, 5.41) is 14.5. The lowest BCUT2D eigenvalue weighted by Crippen LogP contribution is -2.40. The van der Waals surface area contributed by atoms with Crippen molar-refractivity contribution in [2.45, 2.75) is 33.6 Å². The number of nitrogens with zero attached hydrogens (tertiary/aromatic N) is 3. The average molecular weight is 378 g/mol. The molecule has 2 aromatic heterocycles. The van der Waals surface area contributed by atoms with Crippen molar-refractivity contribution in [2.24, 2.45) is 11.8 Å². The molecule has 1 aliphatic heterocycles. The molecule has 3 heterocycles. The molecule has 1 fully saturated rings. The van der Waals surface area contributed by atoms with E-state index in [2.05, 4.69) is 29.0 Å². The number of aryl methyl sites for hydroxylation is 1. The zero-order valence-electron chi connectivity index (χ0n) is 15.5. The molecule has 2 aromatic rings. The summed E-state index contributed by atoms with van der Waals surface area (Å²) in [6.07, 6.45) is 2.08. The van der Waals surface area contributed by atoms with Gasteiger partial charge < -0.3 is 15.3 Å². The molecule has 1 amide bonds. The van der Waals surface area contributed by atoms with E-state index in [-0.39, 0.29) is 5.56 Å². The van der Waals surface area contributed by atoms with Crippen molar-refractivity contribution in [2.75, 3.05) is 26.2 Å². The molecule has 142 valence electrons. The third-order valence-corrected chi connectivity index (χ3v) is 5.77. The summed E-state index contributed by atoms with van der Waals surface area (Å²) < 4.78 is 1.36. The Hall–Kier alpha value is -1.93. The highest BCUT2D eigenvalue weighted by molar-refractivity contribution is 7.15. The lowest BCUT2D eigenvalue weighted by molar-refractivity contribution is 0.0942. The number of hydrogen-bond donors (Lipinski definition) is 2. The SMILES string of the molecule is Cc1csc2nc(O)c(C(=O)NCCCN3C[C@H](C)C[C@@H](C)C3)c(=O)n12. The first-order valence-corrected chi connectivity index (χ1v) is 9.95. The first-order valence-electron chi connectivity index (χ1n) is 9.07. The first kappa shape index (κ1) is 18.8. The Morgan fingerprint density at radius 1 is 1.38 bits per heavy atom. The van der Waals surface area contributed by atoms with Gasteiger partial charge in [0.25, 0.3) is 11.5 Å².